The number of benzene rings is 1. The van der Waals surface area contributed by atoms with Crippen LogP contribution >= 0.6 is 34.3 Å². The topological polar surface area (TPSA) is 59.9 Å². The minimum Gasteiger partial charge on any atom is -0.455 e. The van der Waals surface area contributed by atoms with E-state index in [9.17, 15) is 0 Å². The fourth-order valence-corrected chi connectivity index (χ4v) is 4.08. The van der Waals surface area contributed by atoms with E-state index in [4.69, 9.17) is 16.3 Å². The average Bonchev–Trinajstić information content (AvgIpc) is 3.23. The number of halogens is 1. The van der Waals surface area contributed by atoms with Crippen LogP contribution in [-0.4, -0.2) is 22.2 Å². The fraction of sp³-hybridized carbons (Fsp3) is 0.0625. The predicted molar refractivity (Wildman–Crippen MR) is 99.6 cm³/mol. The molecule has 0 aliphatic rings. The lowest BCUT2D eigenvalue weighted by molar-refractivity contribution is 0.486. The summed E-state index contributed by atoms with van der Waals surface area (Å²) in [4.78, 5) is 5.31. The highest BCUT2D eigenvalue weighted by Gasteiger charge is 2.13. The molecule has 0 atom stereocenters. The number of nitrogens with zero attached hydrogens (tertiary/aromatic N) is 3. The van der Waals surface area contributed by atoms with Gasteiger partial charge in [0, 0.05) is 23.7 Å². The van der Waals surface area contributed by atoms with Crippen molar-refractivity contribution in [1.82, 2.24) is 15.2 Å². The molecule has 0 spiro atoms. The highest BCUT2D eigenvalue weighted by Crippen LogP contribution is 2.40. The van der Waals surface area contributed by atoms with Crippen LogP contribution in [0.3, 0.4) is 0 Å². The maximum Gasteiger partial charge on any atom is 0.205 e. The smallest absolute Gasteiger partial charge is 0.205 e. The van der Waals surface area contributed by atoms with Crippen LogP contribution in [0.4, 0.5) is 5.13 Å². The Balaban J connectivity index is 1.72. The first-order valence-electron chi connectivity index (χ1n) is 7.05. The van der Waals surface area contributed by atoms with Gasteiger partial charge in [-0.1, -0.05) is 22.9 Å². The molecule has 0 fully saturated rings. The molecule has 0 bridgehead atoms. The Bertz CT molecular complexity index is 997. The highest BCUT2D eigenvalue weighted by molar-refractivity contribution is 7.26. The lowest BCUT2D eigenvalue weighted by atomic mass is 10.3. The van der Waals surface area contributed by atoms with Crippen LogP contribution in [0.2, 0.25) is 5.02 Å². The van der Waals surface area contributed by atoms with Gasteiger partial charge in [-0.2, -0.15) is 0 Å². The fourth-order valence-electron chi connectivity index (χ4n) is 2.18. The van der Waals surface area contributed by atoms with Crippen molar-refractivity contribution in [2.24, 2.45) is 0 Å². The van der Waals surface area contributed by atoms with E-state index >= 15 is 0 Å². The molecule has 0 aliphatic carbocycles. The summed E-state index contributed by atoms with van der Waals surface area (Å²) < 4.78 is 7.00. The van der Waals surface area contributed by atoms with Gasteiger partial charge in [0.15, 0.2) is 10.8 Å². The molecule has 5 nitrogen and oxygen atoms in total. The molecular weight excluding hydrogens is 364 g/mol. The van der Waals surface area contributed by atoms with E-state index in [1.54, 1.807) is 29.7 Å². The van der Waals surface area contributed by atoms with E-state index in [1.807, 2.05) is 25.4 Å². The van der Waals surface area contributed by atoms with Gasteiger partial charge in [-0.25, -0.2) is 0 Å². The summed E-state index contributed by atoms with van der Waals surface area (Å²) in [6.07, 6.45) is 3.55. The minimum atomic E-state index is 0.674. The summed E-state index contributed by atoms with van der Waals surface area (Å²) >= 11 is 9.04. The molecule has 0 amide bonds. The van der Waals surface area contributed by atoms with E-state index < -0.39 is 0 Å². The van der Waals surface area contributed by atoms with Crippen LogP contribution < -0.4 is 10.1 Å². The molecule has 3 heterocycles. The Morgan fingerprint density at radius 1 is 1.08 bits per heavy atom. The second kappa shape index (κ2) is 6.35. The van der Waals surface area contributed by atoms with Crippen LogP contribution in [0.25, 0.3) is 20.0 Å². The predicted octanol–water partition coefficient (Wildman–Crippen LogP) is 5.30. The third-order valence-electron chi connectivity index (χ3n) is 3.30. The van der Waals surface area contributed by atoms with Crippen LogP contribution in [0, 0.1) is 0 Å². The highest BCUT2D eigenvalue weighted by atomic mass is 35.5. The Hall–Kier alpha value is -2.22. The Labute approximate surface area is 150 Å². The van der Waals surface area contributed by atoms with Crippen molar-refractivity contribution in [3.8, 4) is 21.4 Å². The largest absolute Gasteiger partial charge is 0.455 e. The van der Waals surface area contributed by atoms with E-state index in [0.29, 0.717) is 10.8 Å². The SMILES string of the molecule is CNc1nnc(-c2cc3c(Oc4ccc(Cl)cc4)cncc3s2)s1. The molecule has 4 aromatic rings. The van der Waals surface area contributed by atoms with Crippen molar-refractivity contribution in [2.45, 2.75) is 0 Å². The first-order valence-corrected chi connectivity index (χ1v) is 9.06. The molecule has 0 radical (unpaired) electrons. The number of hydrogen-bond acceptors (Lipinski definition) is 7. The molecular formula is C16H11ClN4OS2. The Kier molecular flexibility index (Phi) is 4.05. The van der Waals surface area contributed by atoms with Crippen LogP contribution in [0.15, 0.2) is 42.7 Å². The van der Waals surface area contributed by atoms with Crippen molar-refractivity contribution in [3.63, 3.8) is 0 Å². The summed E-state index contributed by atoms with van der Waals surface area (Å²) in [5.41, 5.74) is 0. The van der Waals surface area contributed by atoms with Crippen LogP contribution in [0.1, 0.15) is 0 Å². The third-order valence-corrected chi connectivity index (χ3v) is 5.73. The lowest BCUT2D eigenvalue weighted by Crippen LogP contribution is -1.85. The van der Waals surface area contributed by atoms with Gasteiger partial charge in [-0.3, -0.25) is 4.98 Å². The molecule has 24 heavy (non-hydrogen) atoms. The number of fused-ring (bicyclic) bond motifs is 1. The molecule has 120 valence electrons. The van der Waals surface area contributed by atoms with Gasteiger partial charge in [0.2, 0.25) is 5.13 Å². The summed E-state index contributed by atoms with van der Waals surface area (Å²) in [5.74, 6) is 1.42. The van der Waals surface area contributed by atoms with Gasteiger partial charge in [0.25, 0.3) is 0 Å². The van der Waals surface area contributed by atoms with E-state index in [2.05, 4.69) is 26.6 Å². The summed E-state index contributed by atoms with van der Waals surface area (Å²) in [7, 11) is 1.83. The number of nitrogens with one attached hydrogen (secondary N) is 1. The maximum absolute atomic E-state index is 5.96. The second-order valence-electron chi connectivity index (χ2n) is 4.88. The molecule has 0 aliphatic heterocycles. The molecule has 4 rings (SSSR count). The number of anilines is 1. The van der Waals surface area contributed by atoms with Gasteiger partial charge in [-0.05, 0) is 30.3 Å². The van der Waals surface area contributed by atoms with Gasteiger partial charge < -0.3 is 10.1 Å². The molecule has 0 saturated carbocycles. The number of pyridine rings is 1. The van der Waals surface area contributed by atoms with Crippen molar-refractivity contribution in [3.05, 3.63) is 47.7 Å². The lowest BCUT2D eigenvalue weighted by Gasteiger charge is -2.06. The molecule has 0 saturated heterocycles. The number of ether oxygens (including phenoxy) is 1. The zero-order valence-corrected chi connectivity index (χ0v) is 14.9. The van der Waals surface area contributed by atoms with E-state index in [1.165, 1.54) is 11.3 Å². The van der Waals surface area contributed by atoms with E-state index in [-0.39, 0.29) is 0 Å². The molecule has 3 aromatic heterocycles. The Morgan fingerprint density at radius 2 is 1.92 bits per heavy atom. The number of hydrogen-bond donors (Lipinski definition) is 1. The van der Waals surface area contributed by atoms with Gasteiger partial charge in [-0.15, -0.1) is 21.5 Å². The van der Waals surface area contributed by atoms with Crippen molar-refractivity contribution >= 4 is 49.5 Å². The zero-order valence-electron chi connectivity index (χ0n) is 12.5. The third kappa shape index (κ3) is 2.93. The Morgan fingerprint density at radius 3 is 2.67 bits per heavy atom. The normalized spacial score (nSPS) is 10.9. The summed E-state index contributed by atoms with van der Waals surface area (Å²) in [6.45, 7) is 0. The van der Waals surface area contributed by atoms with E-state index in [0.717, 1.165) is 30.9 Å². The average molecular weight is 375 g/mol. The monoisotopic (exact) mass is 374 g/mol. The number of thiophene rings is 1. The van der Waals surface area contributed by atoms with Crippen molar-refractivity contribution < 1.29 is 4.74 Å². The quantitative estimate of drug-likeness (QED) is 0.525. The first kappa shape index (κ1) is 15.3. The van der Waals surface area contributed by atoms with Gasteiger partial charge in [0.05, 0.1) is 15.8 Å². The zero-order chi connectivity index (χ0) is 16.5. The molecule has 1 aromatic carbocycles. The standard InChI is InChI=1S/C16H11ClN4OS2/c1-18-16-21-20-15(24-16)13-6-11-12(7-19-8-14(11)23-13)22-10-4-2-9(17)3-5-10/h2-8H,1H3,(H,18,21). The summed E-state index contributed by atoms with van der Waals surface area (Å²) in [6, 6.07) is 9.32. The van der Waals surface area contributed by atoms with Crippen molar-refractivity contribution in [1.29, 1.82) is 0 Å². The maximum atomic E-state index is 5.96. The number of rotatable bonds is 4. The first-order chi connectivity index (χ1) is 11.7. The second-order valence-corrected chi connectivity index (χ2v) is 7.38. The van der Waals surface area contributed by atoms with Crippen LogP contribution in [-0.2, 0) is 0 Å². The van der Waals surface area contributed by atoms with Crippen molar-refractivity contribution in [2.75, 3.05) is 12.4 Å². The van der Waals surface area contributed by atoms with Gasteiger partial charge in [0.1, 0.15) is 5.75 Å². The minimum absolute atomic E-state index is 0.674. The van der Waals surface area contributed by atoms with Gasteiger partial charge >= 0.3 is 0 Å². The molecule has 8 heteroatoms. The molecule has 1 N–H and O–H groups in total. The summed E-state index contributed by atoms with van der Waals surface area (Å²) in [5, 5.41) is 14.6. The molecule has 0 unspecified atom stereocenters. The van der Waals surface area contributed by atoms with Crippen LogP contribution in [0.5, 0.6) is 11.5 Å². The number of aromatic nitrogens is 3.